The number of nitrogens with zero attached hydrogens (tertiary/aromatic N) is 2. The van der Waals surface area contributed by atoms with Crippen LogP contribution < -0.4 is 4.72 Å². The summed E-state index contributed by atoms with van der Waals surface area (Å²) in [7, 11) is 0. The van der Waals surface area contributed by atoms with Crippen molar-refractivity contribution in [2.75, 3.05) is 4.72 Å². The molecule has 110 valence electrons. The minimum absolute atomic E-state index is 0.275. The summed E-state index contributed by atoms with van der Waals surface area (Å²) in [4.78, 5) is 8.90. The maximum Gasteiger partial charge on any atom is 0.179 e. The minimum Gasteiger partial charge on any atom is -0.588 e. The van der Waals surface area contributed by atoms with Gasteiger partial charge >= 0.3 is 0 Å². The van der Waals surface area contributed by atoms with Crippen LogP contribution in [-0.2, 0) is 11.4 Å². The van der Waals surface area contributed by atoms with Crippen molar-refractivity contribution in [3.8, 4) is 11.1 Å². The monoisotopic (exact) mass is 329 g/mol. The third-order valence-electron chi connectivity index (χ3n) is 2.99. The first-order chi connectivity index (χ1) is 10.7. The van der Waals surface area contributed by atoms with Crippen molar-refractivity contribution in [3.63, 3.8) is 0 Å². The van der Waals surface area contributed by atoms with Crippen LogP contribution in [0.2, 0.25) is 5.15 Å². The molecule has 0 saturated heterocycles. The Kier molecular flexibility index (Phi) is 4.58. The molecule has 0 spiro atoms. The Hall–Kier alpha value is -2.08. The van der Waals surface area contributed by atoms with Gasteiger partial charge in [-0.3, -0.25) is 4.98 Å². The van der Waals surface area contributed by atoms with Gasteiger partial charge < -0.3 is 4.55 Å². The Morgan fingerprint density at radius 1 is 1.00 bits per heavy atom. The summed E-state index contributed by atoms with van der Waals surface area (Å²) < 4.78 is 15.2. The van der Waals surface area contributed by atoms with Crippen LogP contribution in [0.5, 0.6) is 0 Å². The number of aromatic nitrogens is 2. The molecule has 3 aromatic rings. The number of nitrogens with one attached hydrogen (secondary N) is 1. The Morgan fingerprint density at radius 3 is 2.55 bits per heavy atom. The maximum atomic E-state index is 12.3. The van der Waals surface area contributed by atoms with E-state index in [1.54, 1.807) is 30.7 Å². The zero-order chi connectivity index (χ0) is 15.4. The van der Waals surface area contributed by atoms with Crippen LogP contribution in [0.4, 0.5) is 5.69 Å². The van der Waals surface area contributed by atoms with Crippen molar-refractivity contribution in [1.29, 1.82) is 0 Å². The molecule has 0 fully saturated rings. The first-order valence-corrected chi connectivity index (χ1v) is 8.06. The molecule has 0 saturated carbocycles. The van der Waals surface area contributed by atoms with Gasteiger partial charge in [0.05, 0.1) is 0 Å². The van der Waals surface area contributed by atoms with Crippen molar-refractivity contribution >= 4 is 28.7 Å². The van der Waals surface area contributed by atoms with E-state index < -0.39 is 11.4 Å². The number of benzene rings is 1. The lowest BCUT2D eigenvalue weighted by Crippen LogP contribution is -2.13. The molecular formula is C16H12ClN3OS. The van der Waals surface area contributed by atoms with Gasteiger partial charge in [0.2, 0.25) is 0 Å². The number of hydrogen-bond donors (Lipinski definition) is 1. The topological polar surface area (TPSA) is 60.9 Å². The highest BCUT2D eigenvalue weighted by Gasteiger charge is 2.14. The number of rotatable bonds is 4. The number of pyridine rings is 2. The fourth-order valence-corrected chi connectivity index (χ4v) is 3.00. The van der Waals surface area contributed by atoms with Gasteiger partial charge in [0.25, 0.3) is 0 Å². The molecule has 1 atom stereocenters. The molecule has 1 N–H and O–H groups in total. The Balaban J connectivity index is 1.88. The summed E-state index contributed by atoms with van der Waals surface area (Å²) in [5.41, 5.74) is 2.29. The third kappa shape index (κ3) is 3.39. The Morgan fingerprint density at radius 2 is 1.82 bits per heavy atom. The first kappa shape index (κ1) is 14.8. The van der Waals surface area contributed by atoms with Gasteiger partial charge in [0, 0.05) is 29.7 Å². The molecule has 4 nitrogen and oxygen atoms in total. The number of halogens is 1. The summed E-state index contributed by atoms with van der Waals surface area (Å²) in [6.07, 6.45) is 5.11. The first-order valence-electron chi connectivity index (χ1n) is 6.53. The zero-order valence-corrected chi connectivity index (χ0v) is 13.0. The average Bonchev–Trinajstić information content (AvgIpc) is 2.58. The fraction of sp³-hybridized carbons (Fsp3) is 0. The quantitative estimate of drug-likeness (QED) is 0.582. The Bertz CT molecular complexity index is 756. The van der Waals surface area contributed by atoms with Crippen LogP contribution in [0.25, 0.3) is 11.1 Å². The predicted molar refractivity (Wildman–Crippen MR) is 89.0 cm³/mol. The van der Waals surface area contributed by atoms with E-state index in [-0.39, 0.29) is 5.15 Å². The predicted octanol–water partition coefficient (Wildman–Crippen LogP) is 3.93. The van der Waals surface area contributed by atoms with Crippen LogP contribution >= 0.6 is 11.6 Å². The van der Waals surface area contributed by atoms with E-state index in [0.717, 1.165) is 11.1 Å². The Labute approximate surface area is 136 Å². The van der Waals surface area contributed by atoms with Gasteiger partial charge in [-0.05, 0) is 24.3 Å². The molecule has 0 aliphatic heterocycles. The highest BCUT2D eigenvalue weighted by Crippen LogP contribution is 2.28. The number of hydrogen-bond acceptors (Lipinski definition) is 4. The van der Waals surface area contributed by atoms with Gasteiger partial charge in [0.1, 0.15) is 17.0 Å². The molecule has 2 aromatic heterocycles. The van der Waals surface area contributed by atoms with Gasteiger partial charge in [-0.15, -0.1) is 0 Å². The molecule has 0 radical (unpaired) electrons. The van der Waals surface area contributed by atoms with Crippen LogP contribution in [0.15, 0.2) is 72.0 Å². The van der Waals surface area contributed by atoms with Crippen LogP contribution in [0.3, 0.4) is 0 Å². The second-order valence-electron chi connectivity index (χ2n) is 4.49. The standard InChI is InChI=1S/C16H12ClN3OS/c17-16-15(20-22(21)14-6-2-1-3-7-14)9-13(11-19-16)12-5-4-8-18-10-12/h1-11,20H. The molecule has 2 heterocycles. The van der Waals surface area contributed by atoms with E-state index in [9.17, 15) is 4.55 Å². The van der Waals surface area contributed by atoms with Gasteiger partial charge in [-0.25, -0.2) is 9.71 Å². The second-order valence-corrected chi connectivity index (χ2v) is 6.06. The lowest BCUT2D eigenvalue weighted by atomic mass is 10.1. The molecule has 22 heavy (non-hydrogen) atoms. The molecule has 0 bridgehead atoms. The smallest absolute Gasteiger partial charge is 0.179 e. The lowest BCUT2D eigenvalue weighted by Gasteiger charge is -2.13. The van der Waals surface area contributed by atoms with Crippen molar-refractivity contribution in [2.24, 2.45) is 0 Å². The van der Waals surface area contributed by atoms with Crippen molar-refractivity contribution in [2.45, 2.75) is 4.90 Å². The lowest BCUT2D eigenvalue weighted by molar-refractivity contribution is 0.600. The second kappa shape index (κ2) is 6.79. The van der Waals surface area contributed by atoms with Crippen molar-refractivity contribution in [1.82, 2.24) is 9.97 Å². The van der Waals surface area contributed by atoms with E-state index in [4.69, 9.17) is 11.6 Å². The highest BCUT2D eigenvalue weighted by molar-refractivity contribution is 7.92. The average molecular weight is 330 g/mol. The van der Waals surface area contributed by atoms with Crippen LogP contribution in [0.1, 0.15) is 0 Å². The highest BCUT2D eigenvalue weighted by atomic mass is 35.5. The van der Waals surface area contributed by atoms with E-state index in [0.29, 0.717) is 10.6 Å². The SMILES string of the molecule is [O-][S+](Nc1cc(-c2cccnc2)cnc1Cl)c1ccccc1. The summed E-state index contributed by atoms with van der Waals surface area (Å²) >= 11 is 4.69. The molecule has 3 rings (SSSR count). The van der Waals surface area contributed by atoms with Crippen LogP contribution in [0, 0.1) is 0 Å². The molecule has 0 aliphatic carbocycles. The summed E-state index contributed by atoms with van der Waals surface area (Å²) in [5, 5.41) is 0.275. The van der Waals surface area contributed by atoms with E-state index in [1.165, 1.54) is 0 Å². The summed E-state index contributed by atoms with van der Waals surface area (Å²) in [5.74, 6) is 0. The van der Waals surface area contributed by atoms with E-state index in [1.807, 2.05) is 36.4 Å². The molecule has 6 heteroatoms. The summed E-state index contributed by atoms with van der Waals surface area (Å²) in [6, 6.07) is 14.7. The number of anilines is 1. The van der Waals surface area contributed by atoms with E-state index in [2.05, 4.69) is 14.7 Å². The van der Waals surface area contributed by atoms with Gasteiger partial charge in [0.15, 0.2) is 10.0 Å². The van der Waals surface area contributed by atoms with Crippen molar-refractivity contribution < 1.29 is 4.55 Å². The van der Waals surface area contributed by atoms with Gasteiger partial charge in [-0.2, -0.15) is 0 Å². The maximum absolute atomic E-state index is 12.3. The molecule has 0 aliphatic rings. The third-order valence-corrected chi connectivity index (χ3v) is 4.40. The molecule has 1 unspecified atom stereocenters. The minimum atomic E-state index is -1.40. The largest absolute Gasteiger partial charge is 0.588 e. The normalized spacial score (nSPS) is 11.9. The summed E-state index contributed by atoms with van der Waals surface area (Å²) in [6.45, 7) is 0. The molecule has 1 aromatic carbocycles. The van der Waals surface area contributed by atoms with Crippen molar-refractivity contribution in [3.05, 3.63) is 72.3 Å². The fourth-order valence-electron chi connectivity index (χ4n) is 1.91. The molecular weight excluding hydrogens is 318 g/mol. The van der Waals surface area contributed by atoms with Gasteiger partial charge in [-0.1, -0.05) is 35.9 Å². The van der Waals surface area contributed by atoms with E-state index >= 15 is 0 Å². The molecule has 0 amide bonds. The van der Waals surface area contributed by atoms with Crippen LogP contribution in [-0.4, -0.2) is 14.5 Å². The zero-order valence-electron chi connectivity index (χ0n) is 11.4.